The van der Waals surface area contributed by atoms with Crippen LogP contribution in [0.15, 0.2) is 42.5 Å². The third-order valence-electron chi connectivity index (χ3n) is 4.41. The van der Waals surface area contributed by atoms with E-state index in [1.54, 1.807) is 7.11 Å². The van der Waals surface area contributed by atoms with Gasteiger partial charge in [-0.2, -0.15) is 0 Å². The highest BCUT2D eigenvalue weighted by Crippen LogP contribution is 2.40. The predicted molar refractivity (Wildman–Crippen MR) is 87.1 cm³/mol. The monoisotopic (exact) mass is 301 g/mol. The fraction of sp³-hybridized carbons (Fsp3) is 0.333. The predicted octanol–water partition coefficient (Wildman–Crippen LogP) is 4.47. The van der Waals surface area contributed by atoms with E-state index in [-0.39, 0.29) is 6.04 Å². The summed E-state index contributed by atoms with van der Waals surface area (Å²) in [6.07, 6.45) is 3.48. The van der Waals surface area contributed by atoms with E-state index in [1.165, 1.54) is 17.5 Å². The quantitative estimate of drug-likeness (QED) is 0.908. The van der Waals surface area contributed by atoms with Crippen LogP contribution in [-0.4, -0.2) is 7.11 Å². The van der Waals surface area contributed by atoms with Gasteiger partial charge in [-0.3, -0.25) is 0 Å². The number of ether oxygens (including phenoxy) is 1. The molecule has 0 saturated heterocycles. The lowest BCUT2D eigenvalue weighted by Gasteiger charge is -2.30. The molecule has 0 aliphatic heterocycles. The van der Waals surface area contributed by atoms with Gasteiger partial charge < -0.3 is 10.5 Å². The second kappa shape index (κ2) is 6.08. The average molecular weight is 302 g/mol. The molecule has 0 spiro atoms. The van der Waals surface area contributed by atoms with Crippen molar-refractivity contribution >= 4 is 11.6 Å². The number of methoxy groups -OCH3 is 1. The number of nitrogens with two attached hydrogens (primary N) is 1. The van der Waals surface area contributed by atoms with Crippen LogP contribution in [0.2, 0.25) is 5.02 Å². The molecule has 2 nitrogen and oxygen atoms in total. The molecule has 3 rings (SSSR count). The molecule has 0 saturated carbocycles. The van der Waals surface area contributed by atoms with E-state index in [4.69, 9.17) is 22.1 Å². The van der Waals surface area contributed by atoms with Crippen molar-refractivity contribution in [2.24, 2.45) is 5.73 Å². The molecule has 2 atom stereocenters. The van der Waals surface area contributed by atoms with Crippen LogP contribution in [0.1, 0.15) is 41.5 Å². The Labute approximate surface area is 130 Å². The Bertz CT molecular complexity index is 641. The summed E-state index contributed by atoms with van der Waals surface area (Å²) in [6.45, 7) is 0. The van der Waals surface area contributed by atoms with Gasteiger partial charge in [0.05, 0.1) is 12.1 Å². The second-order valence-corrected chi connectivity index (χ2v) is 6.02. The largest absolute Gasteiger partial charge is 0.495 e. The first-order valence-electron chi connectivity index (χ1n) is 7.37. The summed E-state index contributed by atoms with van der Waals surface area (Å²) in [4.78, 5) is 0. The number of benzene rings is 2. The van der Waals surface area contributed by atoms with E-state index in [0.717, 1.165) is 18.4 Å². The average Bonchev–Trinajstić information content (AvgIpc) is 2.53. The van der Waals surface area contributed by atoms with Gasteiger partial charge in [0.2, 0.25) is 0 Å². The van der Waals surface area contributed by atoms with Crippen LogP contribution in [0.3, 0.4) is 0 Å². The van der Waals surface area contributed by atoms with Crippen LogP contribution in [0.25, 0.3) is 0 Å². The highest BCUT2D eigenvalue weighted by atomic mass is 35.5. The van der Waals surface area contributed by atoms with Crippen molar-refractivity contribution in [1.29, 1.82) is 0 Å². The van der Waals surface area contributed by atoms with Crippen LogP contribution < -0.4 is 10.5 Å². The van der Waals surface area contributed by atoms with E-state index >= 15 is 0 Å². The van der Waals surface area contributed by atoms with Crippen molar-refractivity contribution in [2.45, 2.75) is 31.2 Å². The van der Waals surface area contributed by atoms with Crippen molar-refractivity contribution in [3.05, 3.63) is 64.2 Å². The number of aryl methyl sites for hydroxylation is 1. The summed E-state index contributed by atoms with van der Waals surface area (Å²) < 4.78 is 5.21. The van der Waals surface area contributed by atoms with Crippen molar-refractivity contribution in [3.8, 4) is 5.75 Å². The molecular formula is C18H20ClNO. The van der Waals surface area contributed by atoms with Crippen LogP contribution in [0.4, 0.5) is 0 Å². The lowest BCUT2D eigenvalue weighted by molar-refractivity contribution is 0.414. The first-order chi connectivity index (χ1) is 10.2. The molecule has 3 heteroatoms. The van der Waals surface area contributed by atoms with Crippen molar-refractivity contribution in [3.63, 3.8) is 0 Å². The fourth-order valence-corrected chi connectivity index (χ4v) is 3.55. The smallest absolute Gasteiger partial charge is 0.137 e. The minimum atomic E-state index is -0.0325. The highest BCUT2D eigenvalue weighted by Gasteiger charge is 2.26. The summed E-state index contributed by atoms with van der Waals surface area (Å²) >= 11 is 6.23. The molecule has 0 aromatic heterocycles. The molecule has 1 aliphatic rings. The van der Waals surface area contributed by atoms with Gasteiger partial charge in [-0.25, -0.2) is 0 Å². The van der Waals surface area contributed by atoms with Gasteiger partial charge in [0, 0.05) is 12.0 Å². The summed E-state index contributed by atoms with van der Waals surface area (Å²) in [7, 11) is 1.62. The summed E-state index contributed by atoms with van der Waals surface area (Å²) in [5.74, 6) is 1.05. The maximum absolute atomic E-state index is 6.55. The maximum atomic E-state index is 6.55. The lowest BCUT2D eigenvalue weighted by Crippen LogP contribution is -2.23. The second-order valence-electron chi connectivity index (χ2n) is 5.62. The van der Waals surface area contributed by atoms with Gasteiger partial charge in [0.25, 0.3) is 0 Å². The maximum Gasteiger partial charge on any atom is 0.137 e. The Morgan fingerprint density at radius 1 is 1.24 bits per heavy atom. The van der Waals surface area contributed by atoms with Crippen LogP contribution in [-0.2, 0) is 6.42 Å². The molecule has 0 bridgehead atoms. The number of halogens is 1. The van der Waals surface area contributed by atoms with Gasteiger partial charge in [0.1, 0.15) is 5.75 Å². The molecule has 110 valence electrons. The van der Waals surface area contributed by atoms with Crippen LogP contribution >= 0.6 is 11.6 Å². The van der Waals surface area contributed by atoms with Crippen molar-refractivity contribution in [2.75, 3.05) is 7.11 Å². The van der Waals surface area contributed by atoms with Crippen molar-refractivity contribution < 1.29 is 4.74 Å². The zero-order valence-electron chi connectivity index (χ0n) is 12.2. The first-order valence-corrected chi connectivity index (χ1v) is 7.75. The SMILES string of the molecule is COc1ccc(C(N)C2CCCc3ccccc32)cc1Cl. The molecule has 0 amide bonds. The third-order valence-corrected chi connectivity index (χ3v) is 4.71. The van der Waals surface area contributed by atoms with E-state index < -0.39 is 0 Å². The Morgan fingerprint density at radius 3 is 2.81 bits per heavy atom. The molecule has 0 fully saturated rings. The number of rotatable bonds is 3. The Morgan fingerprint density at radius 2 is 2.05 bits per heavy atom. The Hall–Kier alpha value is -1.51. The molecule has 21 heavy (non-hydrogen) atoms. The van der Waals surface area contributed by atoms with E-state index in [9.17, 15) is 0 Å². The molecule has 2 aromatic carbocycles. The molecule has 0 radical (unpaired) electrons. The van der Waals surface area contributed by atoms with Crippen molar-refractivity contribution in [1.82, 2.24) is 0 Å². The minimum Gasteiger partial charge on any atom is -0.495 e. The molecule has 2 aromatic rings. The van der Waals surface area contributed by atoms with Crippen LogP contribution in [0.5, 0.6) is 5.75 Å². The normalized spacial score (nSPS) is 18.9. The van der Waals surface area contributed by atoms with E-state index in [2.05, 4.69) is 24.3 Å². The molecule has 1 aliphatic carbocycles. The molecule has 2 unspecified atom stereocenters. The zero-order chi connectivity index (χ0) is 14.8. The van der Waals surface area contributed by atoms with Gasteiger partial charge in [-0.15, -0.1) is 0 Å². The Kier molecular flexibility index (Phi) is 4.18. The topological polar surface area (TPSA) is 35.2 Å². The van der Waals surface area contributed by atoms with Crippen LogP contribution in [0, 0.1) is 0 Å². The Balaban J connectivity index is 1.92. The van der Waals surface area contributed by atoms with Gasteiger partial charge in [-0.1, -0.05) is 41.9 Å². The number of hydrogen-bond donors (Lipinski definition) is 1. The summed E-state index contributed by atoms with van der Waals surface area (Å²) in [5.41, 5.74) is 10.4. The molecule has 2 N–H and O–H groups in total. The first kappa shape index (κ1) is 14.4. The number of hydrogen-bond acceptors (Lipinski definition) is 2. The van der Waals surface area contributed by atoms with Gasteiger partial charge in [-0.05, 0) is 48.1 Å². The van der Waals surface area contributed by atoms with E-state index in [0.29, 0.717) is 16.7 Å². The zero-order valence-corrected chi connectivity index (χ0v) is 12.9. The summed E-state index contributed by atoms with van der Waals surface area (Å²) in [5, 5.41) is 0.620. The molecular weight excluding hydrogens is 282 g/mol. The number of fused-ring (bicyclic) bond motifs is 1. The lowest BCUT2D eigenvalue weighted by atomic mass is 9.77. The standard InChI is InChI=1S/C18H20ClNO/c1-21-17-10-9-13(11-16(17)19)18(20)15-8-4-6-12-5-2-3-7-14(12)15/h2-3,5,7,9-11,15,18H,4,6,8,20H2,1H3. The molecule has 0 heterocycles. The van der Waals surface area contributed by atoms with Gasteiger partial charge in [0.15, 0.2) is 0 Å². The highest BCUT2D eigenvalue weighted by molar-refractivity contribution is 6.32. The fourth-order valence-electron chi connectivity index (χ4n) is 3.29. The summed E-state index contributed by atoms with van der Waals surface area (Å²) in [6, 6.07) is 14.5. The third kappa shape index (κ3) is 2.78. The van der Waals surface area contributed by atoms with E-state index in [1.807, 2.05) is 18.2 Å². The van der Waals surface area contributed by atoms with Gasteiger partial charge >= 0.3 is 0 Å². The minimum absolute atomic E-state index is 0.0325.